The number of aromatic nitrogens is 3. The highest BCUT2D eigenvalue weighted by atomic mass is 19.4. The van der Waals surface area contributed by atoms with Gasteiger partial charge in [-0.3, -0.25) is 4.98 Å². The quantitative estimate of drug-likeness (QED) is 0.465. The molecule has 9 heteroatoms. The van der Waals surface area contributed by atoms with Gasteiger partial charge in [-0.25, -0.2) is 0 Å². The van der Waals surface area contributed by atoms with Gasteiger partial charge in [0, 0.05) is 24.1 Å². The number of nitrogens with zero attached hydrogens (tertiary/aromatic N) is 4. The average Bonchev–Trinajstić information content (AvgIpc) is 3.16. The third-order valence-corrected chi connectivity index (χ3v) is 5.26. The van der Waals surface area contributed by atoms with E-state index in [1.54, 1.807) is 30.3 Å². The zero-order chi connectivity index (χ0) is 22.3. The van der Waals surface area contributed by atoms with Crippen LogP contribution in [0.2, 0.25) is 0 Å². The molecule has 1 aliphatic heterocycles. The van der Waals surface area contributed by atoms with E-state index in [9.17, 15) is 18.3 Å². The van der Waals surface area contributed by atoms with Crippen molar-refractivity contribution in [3.8, 4) is 17.6 Å². The number of halogens is 3. The molecule has 1 aliphatic rings. The lowest BCUT2D eigenvalue weighted by molar-refractivity contribution is -0.127. The molecule has 0 unspecified atom stereocenters. The second-order valence-electron chi connectivity index (χ2n) is 7.48. The van der Waals surface area contributed by atoms with Crippen molar-refractivity contribution in [3.63, 3.8) is 0 Å². The first-order valence-corrected chi connectivity index (χ1v) is 9.90. The summed E-state index contributed by atoms with van der Waals surface area (Å²) in [4.78, 5) is 14.2. The van der Waals surface area contributed by atoms with Crippen LogP contribution in [0.1, 0.15) is 11.1 Å². The van der Waals surface area contributed by atoms with E-state index >= 15 is 0 Å². The van der Waals surface area contributed by atoms with Gasteiger partial charge >= 0.3 is 12.2 Å². The number of rotatable bonds is 4. The maximum absolute atomic E-state index is 12.7. The Hall–Kier alpha value is -3.88. The zero-order valence-corrected chi connectivity index (χ0v) is 16.7. The van der Waals surface area contributed by atoms with Crippen LogP contribution in [0.5, 0.6) is 17.6 Å². The Balaban J connectivity index is 1.34. The summed E-state index contributed by atoms with van der Waals surface area (Å²) in [6.07, 6.45) is -1.41. The second kappa shape index (κ2) is 7.67. The van der Waals surface area contributed by atoms with E-state index < -0.39 is 12.6 Å². The average molecular weight is 438 g/mol. The number of fused-ring (bicyclic) bond motifs is 2. The Morgan fingerprint density at radius 2 is 1.84 bits per heavy atom. The number of hydrogen-bond donors (Lipinski definition) is 1. The summed E-state index contributed by atoms with van der Waals surface area (Å²) in [5, 5.41) is 10.5. The first-order chi connectivity index (χ1) is 15.4. The number of pyridine rings is 1. The molecule has 5 rings (SSSR count). The molecule has 0 radical (unpaired) electrons. The molecular formula is C23H17F3N4O2. The Labute approximate surface area is 181 Å². The molecule has 6 nitrogen and oxygen atoms in total. The van der Waals surface area contributed by atoms with Crippen LogP contribution in [0.4, 0.5) is 24.5 Å². The number of alkyl halides is 3. The largest absolute Gasteiger partial charge is 0.493 e. The predicted molar refractivity (Wildman–Crippen MR) is 112 cm³/mol. The predicted octanol–water partition coefficient (Wildman–Crippen LogP) is 5.32. The van der Waals surface area contributed by atoms with Gasteiger partial charge in [0.25, 0.3) is 0 Å². The van der Waals surface area contributed by atoms with Crippen LogP contribution >= 0.6 is 0 Å². The summed E-state index contributed by atoms with van der Waals surface area (Å²) in [5.41, 5.74) is 3.44. The van der Waals surface area contributed by atoms with Gasteiger partial charge in [0.1, 0.15) is 5.75 Å². The molecule has 32 heavy (non-hydrogen) atoms. The Morgan fingerprint density at radius 3 is 2.62 bits per heavy atom. The van der Waals surface area contributed by atoms with E-state index in [-0.39, 0.29) is 17.5 Å². The highest BCUT2D eigenvalue weighted by molar-refractivity contribution is 5.82. The number of hydrogen-bond acceptors (Lipinski definition) is 6. The standard InChI is InChI=1S/C23H17F3N4O2/c24-23(25,26)12-14-1-6-20-15(11-14)8-10-30(20)16-2-4-17(5-3-16)32-22-28-19-13-27-9-7-18(19)21(31)29-22/h1-7,9,11,13H,8,10,12H2,(H,28,29,31). The van der Waals surface area contributed by atoms with Gasteiger partial charge in [-0.2, -0.15) is 23.1 Å². The summed E-state index contributed by atoms with van der Waals surface area (Å²) in [5.74, 6) is 0.291. The van der Waals surface area contributed by atoms with Crippen LogP contribution in [0, 0.1) is 0 Å². The van der Waals surface area contributed by atoms with Crippen molar-refractivity contribution in [2.24, 2.45) is 0 Å². The lowest BCUT2D eigenvalue weighted by atomic mass is 10.1. The van der Waals surface area contributed by atoms with Crippen LogP contribution in [-0.4, -0.2) is 32.8 Å². The SMILES string of the molecule is Oc1nc(Oc2ccc(N3CCc4cc(CC(F)(F)F)ccc43)cc2)nc2cnccc12. The Bertz CT molecular complexity index is 1290. The molecular weight excluding hydrogens is 421 g/mol. The van der Waals surface area contributed by atoms with E-state index in [0.29, 0.717) is 29.6 Å². The van der Waals surface area contributed by atoms with Gasteiger partial charge in [-0.1, -0.05) is 12.1 Å². The van der Waals surface area contributed by atoms with Crippen LogP contribution < -0.4 is 9.64 Å². The topological polar surface area (TPSA) is 71.4 Å². The summed E-state index contributed by atoms with van der Waals surface area (Å²) >= 11 is 0. The Kier molecular flexibility index (Phi) is 4.80. The van der Waals surface area contributed by atoms with E-state index in [4.69, 9.17) is 4.74 Å². The van der Waals surface area contributed by atoms with Crippen molar-refractivity contribution < 1.29 is 23.0 Å². The summed E-state index contributed by atoms with van der Waals surface area (Å²) < 4.78 is 43.7. The smallest absolute Gasteiger partial charge is 0.393 e. The lowest BCUT2D eigenvalue weighted by Gasteiger charge is -2.20. The first-order valence-electron chi connectivity index (χ1n) is 9.90. The maximum Gasteiger partial charge on any atom is 0.393 e. The molecule has 2 aromatic carbocycles. The van der Waals surface area contributed by atoms with Crippen molar-refractivity contribution in [3.05, 3.63) is 72.1 Å². The molecule has 0 saturated carbocycles. The monoisotopic (exact) mass is 438 g/mol. The normalized spacial score (nSPS) is 13.4. The van der Waals surface area contributed by atoms with Crippen molar-refractivity contribution in [1.82, 2.24) is 15.0 Å². The lowest BCUT2D eigenvalue weighted by Crippen LogP contribution is -2.13. The van der Waals surface area contributed by atoms with Gasteiger partial charge in [0.2, 0.25) is 5.88 Å². The number of aromatic hydroxyl groups is 1. The molecule has 0 aliphatic carbocycles. The van der Waals surface area contributed by atoms with Crippen LogP contribution in [0.15, 0.2) is 60.9 Å². The minimum atomic E-state index is -4.22. The molecule has 0 spiro atoms. The molecule has 0 amide bonds. The van der Waals surface area contributed by atoms with Gasteiger partial charge in [-0.15, -0.1) is 0 Å². The van der Waals surface area contributed by atoms with Gasteiger partial charge < -0.3 is 14.7 Å². The van der Waals surface area contributed by atoms with Crippen molar-refractivity contribution >= 4 is 22.3 Å². The minimum absolute atomic E-state index is 0.000498. The molecule has 1 N–H and O–H groups in total. The van der Waals surface area contributed by atoms with Gasteiger partial charge in [-0.05, 0) is 53.9 Å². The first kappa shape index (κ1) is 20.0. The number of benzene rings is 2. The van der Waals surface area contributed by atoms with E-state index in [0.717, 1.165) is 16.9 Å². The van der Waals surface area contributed by atoms with Gasteiger partial charge in [0.05, 0.1) is 23.5 Å². The molecule has 0 bridgehead atoms. The molecule has 0 atom stereocenters. The highest BCUT2D eigenvalue weighted by Crippen LogP contribution is 2.37. The molecule has 162 valence electrons. The van der Waals surface area contributed by atoms with Crippen molar-refractivity contribution in [2.75, 3.05) is 11.4 Å². The van der Waals surface area contributed by atoms with E-state index in [1.807, 2.05) is 12.1 Å². The highest BCUT2D eigenvalue weighted by Gasteiger charge is 2.29. The van der Waals surface area contributed by atoms with Crippen molar-refractivity contribution in [2.45, 2.75) is 19.0 Å². The Morgan fingerprint density at radius 1 is 1.03 bits per heavy atom. The summed E-state index contributed by atoms with van der Waals surface area (Å²) in [7, 11) is 0. The number of anilines is 2. The summed E-state index contributed by atoms with van der Waals surface area (Å²) in [6.45, 7) is 0.680. The van der Waals surface area contributed by atoms with E-state index in [1.165, 1.54) is 18.5 Å². The third-order valence-electron chi connectivity index (χ3n) is 5.26. The zero-order valence-electron chi connectivity index (χ0n) is 16.7. The van der Waals surface area contributed by atoms with Crippen LogP contribution in [-0.2, 0) is 12.8 Å². The molecule has 0 saturated heterocycles. The molecule has 2 aromatic heterocycles. The molecule has 0 fully saturated rings. The molecule has 4 aromatic rings. The minimum Gasteiger partial charge on any atom is -0.493 e. The van der Waals surface area contributed by atoms with Crippen LogP contribution in [0.25, 0.3) is 10.9 Å². The van der Waals surface area contributed by atoms with Gasteiger partial charge in [0.15, 0.2) is 0 Å². The number of ether oxygens (including phenoxy) is 1. The summed E-state index contributed by atoms with van der Waals surface area (Å²) in [6, 6.07) is 13.7. The second-order valence-corrected chi connectivity index (χ2v) is 7.48. The third kappa shape index (κ3) is 4.01. The maximum atomic E-state index is 12.7. The fraction of sp³-hybridized carbons (Fsp3) is 0.174. The van der Waals surface area contributed by atoms with Crippen LogP contribution in [0.3, 0.4) is 0 Å². The fourth-order valence-electron chi connectivity index (χ4n) is 3.85. The fourth-order valence-corrected chi connectivity index (χ4v) is 3.85. The molecule has 3 heterocycles. The van der Waals surface area contributed by atoms with Crippen molar-refractivity contribution in [1.29, 1.82) is 0 Å². The van der Waals surface area contributed by atoms with E-state index in [2.05, 4.69) is 19.9 Å².